The Bertz CT molecular complexity index is 441. The standard InChI is InChI=1S/C11H14N4S/c1-8(11-6-12-7-16-11)14-5-10-3-4-13-9(2)15-10/h3-4,6-8,14H,5H2,1-2H3. The lowest BCUT2D eigenvalue weighted by Crippen LogP contribution is -2.18. The largest absolute Gasteiger partial charge is 0.304 e. The van der Waals surface area contributed by atoms with Crippen LogP contribution in [0, 0.1) is 6.92 Å². The number of thiazole rings is 1. The molecule has 0 saturated heterocycles. The highest BCUT2D eigenvalue weighted by Crippen LogP contribution is 2.16. The van der Waals surface area contributed by atoms with Crippen LogP contribution in [-0.2, 0) is 6.54 Å². The van der Waals surface area contributed by atoms with E-state index in [0.717, 1.165) is 18.1 Å². The van der Waals surface area contributed by atoms with Gasteiger partial charge in [0.15, 0.2) is 0 Å². The minimum atomic E-state index is 0.308. The molecule has 0 aliphatic carbocycles. The fourth-order valence-electron chi connectivity index (χ4n) is 1.40. The zero-order chi connectivity index (χ0) is 11.4. The molecule has 0 aliphatic heterocycles. The van der Waals surface area contributed by atoms with E-state index in [1.165, 1.54) is 4.88 Å². The highest BCUT2D eigenvalue weighted by Gasteiger charge is 2.06. The predicted octanol–water partition coefficient (Wildman–Crippen LogP) is 2.09. The van der Waals surface area contributed by atoms with E-state index in [1.807, 2.05) is 24.7 Å². The van der Waals surface area contributed by atoms with Crippen LogP contribution in [0.4, 0.5) is 0 Å². The number of hydrogen-bond donors (Lipinski definition) is 1. The van der Waals surface area contributed by atoms with Gasteiger partial charge in [-0.2, -0.15) is 0 Å². The molecule has 0 aliphatic rings. The lowest BCUT2D eigenvalue weighted by atomic mass is 10.3. The van der Waals surface area contributed by atoms with Crippen molar-refractivity contribution < 1.29 is 0 Å². The van der Waals surface area contributed by atoms with Gasteiger partial charge >= 0.3 is 0 Å². The second kappa shape index (κ2) is 5.14. The SMILES string of the molecule is Cc1nccc(CNC(C)c2cncs2)n1. The number of hydrogen-bond acceptors (Lipinski definition) is 5. The summed E-state index contributed by atoms with van der Waals surface area (Å²) in [7, 11) is 0. The monoisotopic (exact) mass is 234 g/mol. The fourth-order valence-corrected chi connectivity index (χ4v) is 2.05. The van der Waals surface area contributed by atoms with Crippen molar-refractivity contribution in [3.8, 4) is 0 Å². The molecule has 2 aromatic rings. The smallest absolute Gasteiger partial charge is 0.125 e. The van der Waals surface area contributed by atoms with Crippen molar-refractivity contribution in [1.29, 1.82) is 0 Å². The Morgan fingerprint density at radius 2 is 2.38 bits per heavy atom. The topological polar surface area (TPSA) is 50.7 Å². The van der Waals surface area contributed by atoms with Crippen LogP contribution in [0.5, 0.6) is 0 Å². The van der Waals surface area contributed by atoms with Gasteiger partial charge in [0.1, 0.15) is 5.82 Å². The van der Waals surface area contributed by atoms with Gasteiger partial charge in [0.05, 0.1) is 11.2 Å². The molecule has 0 aromatic carbocycles. The Hall–Kier alpha value is -1.33. The first kappa shape index (κ1) is 11.2. The summed E-state index contributed by atoms with van der Waals surface area (Å²) in [6, 6.07) is 2.24. The maximum Gasteiger partial charge on any atom is 0.125 e. The second-order valence-electron chi connectivity index (χ2n) is 3.60. The third kappa shape index (κ3) is 2.84. The molecule has 0 fully saturated rings. The number of aromatic nitrogens is 3. The fraction of sp³-hybridized carbons (Fsp3) is 0.364. The molecular weight excluding hydrogens is 220 g/mol. The van der Waals surface area contributed by atoms with Gasteiger partial charge in [-0.3, -0.25) is 4.98 Å². The first-order valence-corrected chi connectivity index (χ1v) is 6.04. The predicted molar refractivity (Wildman–Crippen MR) is 64.1 cm³/mol. The Morgan fingerprint density at radius 1 is 1.50 bits per heavy atom. The molecular formula is C11H14N4S. The zero-order valence-electron chi connectivity index (χ0n) is 9.34. The number of nitrogens with one attached hydrogen (secondary N) is 1. The van der Waals surface area contributed by atoms with E-state index in [-0.39, 0.29) is 0 Å². The van der Waals surface area contributed by atoms with Gasteiger partial charge in [-0.15, -0.1) is 11.3 Å². The van der Waals surface area contributed by atoms with Crippen molar-refractivity contribution in [2.75, 3.05) is 0 Å². The second-order valence-corrected chi connectivity index (χ2v) is 4.52. The third-order valence-corrected chi connectivity index (χ3v) is 3.26. The maximum atomic E-state index is 4.34. The van der Waals surface area contributed by atoms with Crippen LogP contribution in [0.2, 0.25) is 0 Å². The molecule has 0 amide bonds. The van der Waals surface area contributed by atoms with Crippen molar-refractivity contribution in [1.82, 2.24) is 20.3 Å². The van der Waals surface area contributed by atoms with Gasteiger partial charge in [0.2, 0.25) is 0 Å². The lowest BCUT2D eigenvalue weighted by molar-refractivity contribution is 0.573. The average molecular weight is 234 g/mol. The quantitative estimate of drug-likeness (QED) is 0.880. The van der Waals surface area contributed by atoms with Gasteiger partial charge in [-0.05, 0) is 19.9 Å². The zero-order valence-corrected chi connectivity index (χ0v) is 10.2. The molecule has 0 bridgehead atoms. The van der Waals surface area contributed by atoms with Crippen molar-refractivity contribution >= 4 is 11.3 Å². The molecule has 2 aromatic heterocycles. The van der Waals surface area contributed by atoms with Gasteiger partial charge in [-0.25, -0.2) is 9.97 Å². The minimum Gasteiger partial charge on any atom is -0.304 e. The highest BCUT2D eigenvalue weighted by molar-refractivity contribution is 7.09. The summed E-state index contributed by atoms with van der Waals surface area (Å²) in [6.07, 6.45) is 3.68. The molecule has 84 valence electrons. The molecule has 1 unspecified atom stereocenters. The molecule has 1 atom stereocenters. The Morgan fingerprint density at radius 3 is 3.06 bits per heavy atom. The Balaban J connectivity index is 1.92. The molecule has 2 heterocycles. The third-order valence-electron chi connectivity index (χ3n) is 2.30. The van der Waals surface area contributed by atoms with Crippen LogP contribution in [0.1, 0.15) is 29.4 Å². The van der Waals surface area contributed by atoms with Gasteiger partial charge in [0.25, 0.3) is 0 Å². The van der Waals surface area contributed by atoms with Gasteiger partial charge in [-0.1, -0.05) is 0 Å². The summed E-state index contributed by atoms with van der Waals surface area (Å²) in [5.41, 5.74) is 2.87. The van der Waals surface area contributed by atoms with E-state index in [2.05, 4.69) is 27.2 Å². The first-order chi connectivity index (χ1) is 7.75. The average Bonchev–Trinajstić information content (AvgIpc) is 2.79. The summed E-state index contributed by atoms with van der Waals surface area (Å²) >= 11 is 1.66. The molecule has 5 heteroatoms. The normalized spacial score (nSPS) is 12.6. The minimum absolute atomic E-state index is 0.308. The molecule has 0 radical (unpaired) electrons. The van der Waals surface area contributed by atoms with E-state index in [0.29, 0.717) is 6.04 Å². The van der Waals surface area contributed by atoms with Crippen LogP contribution in [0.3, 0.4) is 0 Å². The lowest BCUT2D eigenvalue weighted by Gasteiger charge is -2.10. The first-order valence-electron chi connectivity index (χ1n) is 5.16. The van der Waals surface area contributed by atoms with E-state index < -0.39 is 0 Å². The molecule has 0 saturated carbocycles. The van der Waals surface area contributed by atoms with Crippen LogP contribution in [0.25, 0.3) is 0 Å². The summed E-state index contributed by atoms with van der Waals surface area (Å²) in [4.78, 5) is 13.7. The van der Waals surface area contributed by atoms with Gasteiger partial charge < -0.3 is 5.32 Å². The van der Waals surface area contributed by atoms with Crippen molar-refractivity contribution in [3.05, 3.63) is 40.4 Å². The van der Waals surface area contributed by atoms with E-state index in [1.54, 1.807) is 17.5 Å². The molecule has 4 nitrogen and oxygen atoms in total. The number of aryl methyl sites for hydroxylation is 1. The summed E-state index contributed by atoms with van der Waals surface area (Å²) in [6.45, 7) is 4.78. The van der Waals surface area contributed by atoms with Gasteiger partial charge in [0, 0.05) is 29.9 Å². The van der Waals surface area contributed by atoms with E-state index in [9.17, 15) is 0 Å². The summed E-state index contributed by atoms with van der Waals surface area (Å²) in [5, 5.41) is 3.41. The van der Waals surface area contributed by atoms with E-state index in [4.69, 9.17) is 0 Å². The van der Waals surface area contributed by atoms with Crippen LogP contribution >= 0.6 is 11.3 Å². The summed E-state index contributed by atoms with van der Waals surface area (Å²) in [5.74, 6) is 0.810. The molecule has 2 rings (SSSR count). The Labute approximate surface area is 98.8 Å². The number of nitrogens with zero attached hydrogens (tertiary/aromatic N) is 3. The van der Waals surface area contributed by atoms with Crippen molar-refractivity contribution in [2.24, 2.45) is 0 Å². The maximum absolute atomic E-state index is 4.34. The highest BCUT2D eigenvalue weighted by atomic mass is 32.1. The van der Waals surface area contributed by atoms with E-state index >= 15 is 0 Å². The number of rotatable bonds is 4. The van der Waals surface area contributed by atoms with Crippen LogP contribution < -0.4 is 5.32 Å². The van der Waals surface area contributed by atoms with Crippen LogP contribution in [0.15, 0.2) is 24.0 Å². The molecule has 0 spiro atoms. The summed E-state index contributed by atoms with van der Waals surface area (Å²) < 4.78 is 0. The molecule has 1 N–H and O–H groups in total. The Kier molecular flexibility index (Phi) is 3.58. The van der Waals surface area contributed by atoms with Crippen molar-refractivity contribution in [2.45, 2.75) is 26.4 Å². The molecule has 16 heavy (non-hydrogen) atoms. The van der Waals surface area contributed by atoms with Crippen molar-refractivity contribution in [3.63, 3.8) is 0 Å². The van der Waals surface area contributed by atoms with Crippen LogP contribution in [-0.4, -0.2) is 15.0 Å².